The molecule has 0 spiro atoms. The first kappa shape index (κ1) is 16.8. The first-order valence-corrected chi connectivity index (χ1v) is 10.5. The number of benzene rings is 2. The standard InChI is InChI=1S/C20H18ClN5S/c21-15-6-7-17-16(12-15)19(14-4-2-1-3-5-14)22-13-18-23-24-20(26(17)18)25-8-10-27-11-9-25/h1-7,12H,8-11,13H2. The predicted molar refractivity (Wildman–Crippen MR) is 112 cm³/mol. The first-order valence-electron chi connectivity index (χ1n) is 8.98. The quantitative estimate of drug-likeness (QED) is 0.661. The van der Waals surface area contributed by atoms with Gasteiger partial charge in [-0.1, -0.05) is 41.9 Å². The smallest absolute Gasteiger partial charge is 0.232 e. The molecule has 0 saturated carbocycles. The van der Waals surface area contributed by atoms with Crippen LogP contribution >= 0.6 is 23.4 Å². The fraction of sp³-hybridized carbons (Fsp3) is 0.250. The molecule has 5 rings (SSSR count). The Hall–Kier alpha value is -2.31. The molecule has 2 aliphatic rings. The number of rotatable bonds is 2. The second kappa shape index (κ2) is 7.02. The van der Waals surface area contributed by atoms with E-state index in [4.69, 9.17) is 16.6 Å². The molecule has 0 bridgehead atoms. The molecule has 0 aliphatic carbocycles. The molecule has 2 aromatic carbocycles. The van der Waals surface area contributed by atoms with Crippen LogP contribution in [0.3, 0.4) is 0 Å². The SMILES string of the molecule is Clc1ccc2c(c1)C(c1ccccc1)=NCc1nnc(N3CCSCC3)n1-2. The number of thioether (sulfide) groups is 1. The third-order valence-electron chi connectivity index (χ3n) is 4.89. The van der Waals surface area contributed by atoms with Crippen LogP contribution in [0.4, 0.5) is 5.95 Å². The van der Waals surface area contributed by atoms with E-state index in [0.29, 0.717) is 11.6 Å². The number of fused-ring (bicyclic) bond motifs is 3. The lowest BCUT2D eigenvalue weighted by Crippen LogP contribution is -2.34. The van der Waals surface area contributed by atoms with E-state index in [1.54, 1.807) is 0 Å². The highest BCUT2D eigenvalue weighted by atomic mass is 35.5. The Morgan fingerprint density at radius 1 is 0.963 bits per heavy atom. The van der Waals surface area contributed by atoms with Gasteiger partial charge in [0.25, 0.3) is 0 Å². The van der Waals surface area contributed by atoms with Crippen molar-refractivity contribution in [1.29, 1.82) is 0 Å². The number of nitrogens with zero attached hydrogens (tertiary/aromatic N) is 5. The number of halogens is 1. The van der Waals surface area contributed by atoms with Gasteiger partial charge in [0.15, 0.2) is 5.82 Å². The van der Waals surface area contributed by atoms with Crippen LogP contribution in [0.2, 0.25) is 5.02 Å². The molecule has 136 valence electrons. The Kier molecular flexibility index (Phi) is 4.38. The average Bonchev–Trinajstić information content (AvgIpc) is 3.07. The Balaban J connectivity index is 1.69. The van der Waals surface area contributed by atoms with E-state index in [1.807, 2.05) is 42.1 Å². The minimum atomic E-state index is 0.492. The zero-order valence-electron chi connectivity index (χ0n) is 14.7. The molecular formula is C20H18ClN5S. The van der Waals surface area contributed by atoms with Crippen molar-refractivity contribution in [3.63, 3.8) is 0 Å². The van der Waals surface area contributed by atoms with Crippen molar-refractivity contribution in [1.82, 2.24) is 14.8 Å². The van der Waals surface area contributed by atoms with Crippen LogP contribution < -0.4 is 4.90 Å². The summed E-state index contributed by atoms with van der Waals surface area (Å²) in [6.07, 6.45) is 0. The fourth-order valence-corrected chi connectivity index (χ4v) is 4.67. The number of hydrogen-bond acceptors (Lipinski definition) is 5. The number of aromatic nitrogens is 3. The van der Waals surface area contributed by atoms with E-state index in [-0.39, 0.29) is 0 Å². The summed E-state index contributed by atoms with van der Waals surface area (Å²) in [4.78, 5) is 7.21. The third-order valence-corrected chi connectivity index (χ3v) is 6.06. The van der Waals surface area contributed by atoms with Gasteiger partial charge >= 0.3 is 0 Å². The molecule has 5 nitrogen and oxygen atoms in total. The Morgan fingerprint density at radius 2 is 1.78 bits per heavy atom. The highest BCUT2D eigenvalue weighted by molar-refractivity contribution is 7.99. The molecule has 2 aliphatic heterocycles. The molecule has 1 aromatic heterocycles. The minimum absolute atomic E-state index is 0.492. The molecule has 0 amide bonds. The monoisotopic (exact) mass is 395 g/mol. The number of hydrogen-bond donors (Lipinski definition) is 0. The van der Waals surface area contributed by atoms with Crippen LogP contribution in [-0.4, -0.2) is 45.1 Å². The molecule has 1 fully saturated rings. The predicted octanol–water partition coefficient (Wildman–Crippen LogP) is 3.82. The largest absolute Gasteiger partial charge is 0.339 e. The van der Waals surface area contributed by atoms with Crippen molar-refractivity contribution in [2.24, 2.45) is 4.99 Å². The summed E-state index contributed by atoms with van der Waals surface area (Å²) in [6.45, 7) is 2.46. The lowest BCUT2D eigenvalue weighted by molar-refractivity contribution is 0.791. The van der Waals surface area contributed by atoms with Gasteiger partial charge in [-0.2, -0.15) is 11.8 Å². The Labute approximate surface area is 167 Å². The van der Waals surface area contributed by atoms with Crippen LogP contribution in [0, 0.1) is 0 Å². The average molecular weight is 396 g/mol. The maximum atomic E-state index is 6.36. The highest BCUT2D eigenvalue weighted by Gasteiger charge is 2.26. The molecule has 7 heteroatoms. The van der Waals surface area contributed by atoms with E-state index in [2.05, 4.69) is 37.9 Å². The van der Waals surface area contributed by atoms with Crippen LogP contribution in [0.15, 0.2) is 53.5 Å². The Morgan fingerprint density at radius 3 is 2.59 bits per heavy atom. The van der Waals surface area contributed by atoms with E-state index in [1.165, 1.54) is 0 Å². The second-order valence-electron chi connectivity index (χ2n) is 6.54. The van der Waals surface area contributed by atoms with E-state index in [9.17, 15) is 0 Å². The van der Waals surface area contributed by atoms with Crippen molar-refractivity contribution in [3.8, 4) is 5.69 Å². The molecule has 0 unspecified atom stereocenters. The van der Waals surface area contributed by atoms with Crippen LogP contribution in [0.25, 0.3) is 5.69 Å². The molecule has 0 radical (unpaired) electrons. The van der Waals surface area contributed by atoms with Crippen molar-refractivity contribution in [2.75, 3.05) is 29.5 Å². The van der Waals surface area contributed by atoms with Gasteiger partial charge in [-0.3, -0.25) is 9.56 Å². The number of aliphatic imine (C=N–C) groups is 1. The second-order valence-corrected chi connectivity index (χ2v) is 8.20. The van der Waals surface area contributed by atoms with Gasteiger partial charge in [0.2, 0.25) is 5.95 Å². The van der Waals surface area contributed by atoms with E-state index in [0.717, 1.165) is 58.9 Å². The lowest BCUT2D eigenvalue weighted by atomic mass is 10.0. The maximum absolute atomic E-state index is 6.36. The summed E-state index contributed by atoms with van der Waals surface area (Å²) < 4.78 is 2.15. The van der Waals surface area contributed by atoms with Crippen LogP contribution in [0.5, 0.6) is 0 Å². The minimum Gasteiger partial charge on any atom is -0.339 e. The molecule has 3 heterocycles. The van der Waals surface area contributed by atoms with Crippen LogP contribution in [-0.2, 0) is 6.54 Å². The van der Waals surface area contributed by atoms with Crippen molar-refractivity contribution in [3.05, 3.63) is 70.5 Å². The summed E-state index contributed by atoms with van der Waals surface area (Å²) in [5, 5.41) is 9.67. The van der Waals surface area contributed by atoms with Crippen LogP contribution in [0.1, 0.15) is 17.0 Å². The van der Waals surface area contributed by atoms with Gasteiger partial charge in [-0.25, -0.2) is 0 Å². The normalized spacial score (nSPS) is 16.3. The molecule has 0 atom stereocenters. The van der Waals surface area contributed by atoms with Gasteiger partial charge in [0.05, 0.1) is 11.4 Å². The summed E-state index contributed by atoms with van der Waals surface area (Å²) in [7, 11) is 0. The molecule has 27 heavy (non-hydrogen) atoms. The zero-order valence-corrected chi connectivity index (χ0v) is 16.2. The van der Waals surface area contributed by atoms with Crippen molar-refractivity contribution in [2.45, 2.75) is 6.54 Å². The summed E-state index contributed by atoms with van der Waals surface area (Å²) >= 11 is 8.35. The third kappa shape index (κ3) is 3.03. The van der Waals surface area contributed by atoms with Crippen molar-refractivity contribution >= 4 is 35.0 Å². The molecule has 0 N–H and O–H groups in total. The molecule has 3 aromatic rings. The first-order chi connectivity index (χ1) is 13.3. The molecule has 1 saturated heterocycles. The van der Waals surface area contributed by atoms with Gasteiger partial charge < -0.3 is 4.90 Å². The summed E-state index contributed by atoms with van der Waals surface area (Å²) in [5.41, 5.74) is 4.07. The lowest BCUT2D eigenvalue weighted by Gasteiger charge is -2.27. The van der Waals surface area contributed by atoms with Crippen molar-refractivity contribution < 1.29 is 0 Å². The van der Waals surface area contributed by atoms with E-state index < -0.39 is 0 Å². The fourth-order valence-electron chi connectivity index (χ4n) is 3.60. The summed E-state index contributed by atoms with van der Waals surface area (Å²) in [6, 6.07) is 16.2. The molecular weight excluding hydrogens is 378 g/mol. The van der Waals surface area contributed by atoms with Gasteiger partial charge in [0, 0.05) is 40.7 Å². The highest BCUT2D eigenvalue weighted by Crippen LogP contribution is 2.31. The van der Waals surface area contributed by atoms with Gasteiger partial charge in [0.1, 0.15) is 6.54 Å². The van der Waals surface area contributed by atoms with E-state index >= 15 is 0 Å². The topological polar surface area (TPSA) is 46.3 Å². The maximum Gasteiger partial charge on any atom is 0.232 e. The van der Waals surface area contributed by atoms with Gasteiger partial charge in [-0.05, 0) is 18.2 Å². The zero-order chi connectivity index (χ0) is 18.2. The van der Waals surface area contributed by atoms with Gasteiger partial charge in [-0.15, -0.1) is 10.2 Å². The summed E-state index contributed by atoms with van der Waals surface area (Å²) in [5.74, 6) is 3.99. The number of anilines is 1. The Bertz CT molecular complexity index is 1010.